The highest BCUT2D eigenvalue weighted by molar-refractivity contribution is 5.32. The fourth-order valence-electron chi connectivity index (χ4n) is 1.64. The van der Waals surface area contributed by atoms with Crippen LogP contribution >= 0.6 is 0 Å². The first-order valence-corrected chi connectivity index (χ1v) is 6.27. The smallest absolute Gasteiger partial charge is 0.123 e. The highest BCUT2D eigenvalue weighted by Crippen LogP contribution is 2.16. The Labute approximate surface area is 105 Å². The largest absolute Gasteiger partial charge is 0.496 e. The number of hydrogen-bond acceptors (Lipinski definition) is 3. The van der Waals surface area contributed by atoms with Crippen LogP contribution in [0.1, 0.15) is 19.4 Å². The lowest BCUT2D eigenvalue weighted by Gasteiger charge is -2.10. The number of rotatable bonds is 8. The number of methoxy groups -OCH3 is 1. The molecule has 1 aromatic carbocycles. The van der Waals surface area contributed by atoms with Crippen molar-refractivity contribution in [2.75, 3.05) is 26.7 Å². The Morgan fingerprint density at radius 3 is 2.53 bits per heavy atom. The highest BCUT2D eigenvalue weighted by Gasteiger charge is 2.00. The molecule has 0 unspecified atom stereocenters. The molecule has 0 radical (unpaired) electrons. The van der Waals surface area contributed by atoms with Gasteiger partial charge in [-0.2, -0.15) is 0 Å². The summed E-state index contributed by atoms with van der Waals surface area (Å²) in [7, 11) is 1.71. The van der Waals surface area contributed by atoms with E-state index in [0.717, 1.165) is 31.9 Å². The lowest BCUT2D eigenvalue weighted by Crippen LogP contribution is -2.29. The van der Waals surface area contributed by atoms with Crippen LogP contribution in [0.25, 0.3) is 0 Å². The third kappa shape index (κ3) is 5.71. The van der Waals surface area contributed by atoms with Crippen LogP contribution in [0, 0.1) is 5.92 Å². The number of benzene rings is 1. The van der Waals surface area contributed by atoms with E-state index in [0.29, 0.717) is 5.92 Å². The summed E-state index contributed by atoms with van der Waals surface area (Å²) >= 11 is 0. The van der Waals surface area contributed by atoms with Gasteiger partial charge >= 0.3 is 0 Å². The van der Waals surface area contributed by atoms with Crippen LogP contribution in [0.3, 0.4) is 0 Å². The monoisotopic (exact) mass is 236 g/mol. The molecule has 0 aliphatic heterocycles. The number of ether oxygens (including phenoxy) is 1. The van der Waals surface area contributed by atoms with Gasteiger partial charge in [-0.25, -0.2) is 0 Å². The SMILES string of the molecule is COc1ccccc1CNCCNCC(C)C. The number of nitrogens with one attached hydrogen (secondary N) is 2. The number of para-hydroxylation sites is 1. The van der Waals surface area contributed by atoms with Crippen LogP contribution in [-0.2, 0) is 6.54 Å². The summed E-state index contributed by atoms with van der Waals surface area (Å²) < 4.78 is 5.30. The van der Waals surface area contributed by atoms with Gasteiger partial charge in [0.15, 0.2) is 0 Å². The second-order valence-corrected chi connectivity index (χ2v) is 4.59. The minimum atomic E-state index is 0.712. The predicted molar refractivity (Wildman–Crippen MR) is 72.4 cm³/mol. The first-order valence-electron chi connectivity index (χ1n) is 6.27. The molecule has 1 aromatic rings. The van der Waals surface area contributed by atoms with Crippen molar-refractivity contribution in [3.05, 3.63) is 29.8 Å². The zero-order chi connectivity index (χ0) is 12.5. The average molecular weight is 236 g/mol. The third-order valence-corrected chi connectivity index (χ3v) is 2.54. The van der Waals surface area contributed by atoms with Crippen molar-refractivity contribution in [1.29, 1.82) is 0 Å². The maximum absolute atomic E-state index is 5.30. The van der Waals surface area contributed by atoms with Gasteiger partial charge in [0, 0.05) is 25.2 Å². The van der Waals surface area contributed by atoms with Crippen LogP contribution < -0.4 is 15.4 Å². The molecule has 0 fully saturated rings. The highest BCUT2D eigenvalue weighted by atomic mass is 16.5. The minimum absolute atomic E-state index is 0.712. The summed E-state index contributed by atoms with van der Waals surface area (Å²) in [5.74, 6) is 1.67. The standard InChI is InChI=1S/C14H24N2O/c1-12(2)10-15-8-9-16-11-13-6-4-5-7-14(13)17-3/h4-7,12,15-16H,8-11H2,1-3H3. The van der Waals surface area contributed by atoms with Crippen molar-refractivity contribution in [3.8, 4) is 5.75 Å². The maximum atomic E-state index is 5.30. The minimum Gasteiger partial charge on any atom is -0.496 e. The van der Waals surface area contributed by atoms with Crippen molar-refractivity contribution in [2.24, 2.45) is 5.92 Å². The summed E-state index contributed by atoms with van der Waals surface area (Å²) in [6.45, 7) is 8.35. The molecule has 0 saturated heterocycles. The fourth-order valence-corrected chi connectivity index (χ4v) is 1.64. The second-order valence-electron chi connectivity index (χ2n) is 4.59. The van der Waals surface area contributed by atoms with Gasteiger partial charge in [-0.05, 0) is 18.5 Å². The van der Waals surface area contributed by atoms with Crippen molar-refractivity contribution < 1.29 is 4.74 Å². The van der Waals surface area contributed by atoms with Gasteiger partial charge in [0.05, 0.1) is 7.11 Å². The van der Waals surface area contributed by atoms with E-state index in [4.69, 9.17) is 4.74 Å². The molecule has 3 heteroatoms. The van der Waals surface area contributed by atoms with E-state index in [1.165, 1.54) is 5.56 Å². The van der Waals surface area contributed by atoms with Crippen LogP contribution in [0.4, 0.5) is 0 Å². The van der Waals surface area contributed by atoms with E-state index >= 15 is 0 Å². The number of hydrogen-bond donors (Lipinski definition) is 2. The average Bonchev–Trinajstić information content (AvgIpc) is 2.33. The van der Waals surface area contributed by atoms with Gasteiger partial charge < -0.3 is 15.4 Å². The fraction of sp³-hybridized carbons (Fsp3) is 0.571. The second kappa shape index (κ2) is 8.09. The van der Waals surface area contributed by atoms with Gasteiger partial charge in [-0.15, -0.1) is 0 Å². The Hall–Kier alpha value is -1.06. The zero-order valence-corrected chi connectivity index (χ0v) is 11.1. The van der Waals surface area contributed by atoms with Crippen molar-refractivity contribution >= 4 is 0 Å². The first-order chi connectivity index (χ1) is 8.24. The zero-order valence-electron chi connectivity index (χ0n) is 11.1. The quantitative estimate of drug-likeness (QED) is 0.678. The van der Waals surface area contributed by atoms with Gasteiger partial charge in [0.25, 0.3) is 0 Å². The van der Waals surface area contributed by atoms with Crippen LogP contribution in [0.5, 0.6) is 5.75 Å². The van der Waals surface area contributed by atoms with Gasteiger partial charge in [-0.1, -0.05) is 32.0 Å². The molecule has 0 spiro atoms. The molecule has 17 heavy (non-hydrogen) atoms. The predicted octanol–water partition coefficient (Wildman–Crippen LogP) is 2.03. The molecule has 3 nitrogen and oxygen atoms in total. The van der Waals surface area contributed by atoms with E-state index in [-0.39, 0.29) is 0 Å². The molecule has 0 heterocycles. The molecule has 0 bridgehead atoms. The Balaban J connectivity index is 2.17. The molecule has 0 aliphatic rings. The lowest BCUT2D eigenvalue weighted by atomic mass is 10.2. The molecule has 0 saturated carbocycles. The molecule has 2 N–H and O–H groups in total. The summed E-state index contributed by atoms with van der Waals surface area (Å²) in [5.41, 5.74) is 1.21. The normalized spacial score (nSPS) is 10.8. The van der Waals surface area contributed by atoms with Crippen LogP contribution in [-0.4, -0.2) is 26.7 Å². The maximum Gasteiger partial charge on any atom is 0.123 e. The summed E-state index contributed by atoms with van der Waals surface area (Å²) in [6, 6.07) is 8.12. The molecular weight excluding hydrogens is 212 g/mol. The molecular formula is C14H24N2O. The first kappa shape index (κ1) is 14.0. The van der Waals surface area contributed by atoms with E-state index in [1.54, 1.807) is 7.11 Å². The Morgan fingerprint density at radius 2 is 1.82 bits per heavy atom. The van der Waals surface area contributed by atoms with Crippen LogP contribution in [0.2, 0.25) is 0 Å². The topological polar surface area (TPSA) is 33.3 Å². The molecule has 0 aromatic heterocycles. The van der Waals surface area contributed by atoms with Gasteiger partial charge in [-0.3, -0.25) is 0 Å². The van der Waals surface area contributed by atoms with Gasteiger partial charge in [0.2, 0.25) is 0 Å². The molecule has 0 amide bonds. The lowest BCUT2D eigenvalue weighted by molar-refractivity contribution is 0.407. The molecule has 0 atom stereocenters. The molecule has 1 rings (SSSR count). The van der Waals surface area contributed by atoms with Crippen molar-refractivity contribution in [2.45, 2.75) is 20.4 Å². The third-order valence-electron chi connectivity index (χ3n) is 2.54. The summed E-state index contributed by atoms with van der Waals surface area (Å²) in [4.78, 5) is 0. The molecule has 96 valence electrons. The molecule has 0 aliphatic carbocycles. The van der Waals surface area contributed by atoms with Crippen molar-refractivity contribution in [3.63, 3.8) is 0 Å². The van der Waals surface area contributed by atoms with E-state index in [9.17, 15) is 0 Å². The van der Waals surface area contributed by atoms with Crippen molar-refractivity contribution in [1.82, 2.24) is 10.6 Å². The van der Waals surface area contributed by atoms with Gasteiger partial charge in [0.1, 0.15) is 5.75 Å². The summed E-state index contributed by atoms with van der Waals surface area (Å²) in [6.07, 6.45) is 0. The summed E-state index contributed by atoms with van der Waals surface area (Å²) in [5, 5.41) is 6.81. The van der Waals surface area contributed by atoms with E-state index < -0.39 is 0 Å². The van der Waals surface area contributed by atoms with Crippen LogP contribution in [0.15, 0.2) is 24.3 Å². The Morgan fingerprint density at radius 1 is 1.12 bits per heavy atom. The van der Waals surface area contributed by atoms with E-state index in [1.807, 2.05) is 18.2 Å². The Bertz CT molecular complexity index is 313. The Kier molecular flexibility index (Phi) is 6.67. The van der Waals surface area contributed by atoms with E-state index in [2.05, 4.69) is 30.5 Å².